The molecule has 2 heterocycles. The second-order valence-electron chi connectivity index (χ2n) is 8.60. The van der Waals surface area contributed by atoms with Crippen LogP contribution in [-0.2, 0) is 4.79 Å². The highest BCUT2D eigenvalue weighted by Crippen LogP contribution is 2.24. The third-order valence-electron chi connectivity index (χ3n) is 6.42. The molecule has 0 unspecified atom stereocenters. The van der Waals surface area contributed by atoms with Gasteiger partial charge >= 0.3 is 0 Å². The molecular weight excluding hydrogens is 336 g/mol. The number of likely N-dealkylation sites (tertiary alicyclic amines) is 2. The summed E-state index contributed by atoms with van der Waals surface area (Å²) >= 11 is 0. The van der Waals surface area contributed by atoms with Crippen molar-refractivity contribution < 1.29 is 14.0 Å². The highest BCUT2D eigenvalue weighted by molar-refractivity contribution is 5.77. The molecule has 0 bridgehead atoms. The molecule has 27 heavy (non-hydrogen) atoms. The van der Waals surface area contributed by atoms with Crippen molar-refractivity contribution in [1.29, 1.82) is 0 Å². The predicted molar refractivity (Wildman–Crippen MR) is 110 cm³/mol. The summed E-state index contributed by atoms with van der Waals surface area (Å²) in [6.07, 6.45) is 8.68. The van der Waals surface area contributed by atoms with Crippen LogP contribution in [0.2, 0.25) is 0 Å². The monoisotopic (exact) mass is 373 g/mol. The number of aryl methyl sites for hydroxylation is 2. The van der Waals surface area contributed by atoms with Gasteiger partial charge in [0.15, 0.2) is 6.54 Å². The molecule has 2 aliphatic rings. The van der Waals surface area contributed by atoms with Crippen LogP contribution in [0.5, 0.6) is 5.75 Å². The molecular formula is C23H37N2O2+. The Morgan fingerprint density at radius 3 is 2.19 bits per heavy atom. The molecule has 2 aliphatic heterocycles. The Bertz CT molecular complexity index is 595. The number of carbonyl (C=O) groups excluding carboxylic acids is 1. The average Bonchev–Trinajstić information content (AvgIpc) is 2.91. The normalized spacial score (nSPS) is 20.1. The van der Waals surface area contributed by atoms with Crippen LogP contribution in [0, 0.1) is 13.8 Å². The van der Waals surface area contributed by atoms with Gasteiger partial charge in [-0.15, -0.1) is 0 Å². The molecule has 2 fully saturated rings. The maximum absolute atomic E-state index is 13.0. The molecule has 0 radical (unpaired) electrons. The lowest BCUT2D eigenvalue weighted by atomic mass is 10.1. The maximum Gasteiger partial charge on any atom is 0.277 e. The van der Waals surface area contributed by atoms with Crippen molar-refractivity contribution in [2.75, 3.05) is 45.9 Å². The molecule has 4 heteroatoms. The van der Waals surface area contributed by atoms with E-state index in [0.717, 1.165) is 43.0 Å². The van der Waals surface area contributed by atoms with Gasteiger partial charge < -0.3 is 14.1 Å². The highest BCUT2D eigenvalue weighted by atomic mass is 16.5. The van der Waals surface area contributed by atoms with Crippen LogP contribution in [0.25, 0.3) is 0 Å². The smallest absolute Gasteiger partial charge is 0.277 e. The van der Waals surface area contributed by atoms with Crippen molar-refractivity contribution >= 4 is 5.91 Å². The number of benzene rings is 1. The second-order valence-corrected chi connectivity index (χ2v) is 8.60. The van der Waals surface area contributed by atoms with Crippen LogP contribution < -0.4 is 4.74 Å². The van der Waals surface area contributed by atoms with E-state index < -0.39 is 0 Å². The SMILES string of the molecule is Cc1cccc(C)c1OCC[N+]1(CC(=O)N2CCCCC2)CCCCCC1. The zero-order valence-electron chi connectivity index (χ0n) is 17.3. The van der Waals surface area contributed by atoms with Crippen molar-refractivity contribution in [1.82, 2.24) is 4.90 Å². The van der Waals surface area contributed by atoms with E-state index in [4.69, 9.17) is 4.74 Å². The van der Waals surface area contributed by atoms with E-state index in [9.17, 15) is 4.79 Å². The van der Waals surface area contributed by atoms with Gasteiger partial charge in [-0.3, -0.25) is 4.79 Å². The minimum absolute atomic E-state index is 0.365. The molecule has 150 valence electrons. The Morgan fingerprint density at radius 2 is 1.56 bits per heavy atom. The van der Waals surface area contributed by atoms with Crippen molar-refractivity contribution in [3.05, 3.63) is 29.3 Å². The van der Waals surface area contributed by atoms with E-state index in [2.05, 4.69) is 36.9 Å². The van der Waals surface area contributed by atoms with E-state index in [-0.39, 0.29) is 0 Å². The first kappa shape index (κ1) is 20.2. The van der Waals surface area contributed by atoms with Gasteiger partial charge in [-0.25, -0.2) is 0 Å². The minimum Gasteiger partial charge on any atom is -0.487 e. The Kier molecular flexibility index (Phi) is 7.17. The fourth-order valence-corrected chi connectivity index (χ4v) is 4.72. The summed E-state index contributed by atoms with van der Waals surface area (Å²) in [5.74, 6) is 1.39. The number of para-hydroxylation sites is 1. The quantitative estimate of drug-likeness (QED) is 0.703. The van der Waals surface area contributed by atoms with Crippen LogP contribution in [0.4, 0.5) is 0 Å². The number of amides is 1. The number of carbonyl (C=O) groups is 1. The van der Waals surface area contributed by atoms with E-state index >= 15 is 0 Å². The first-order chi connectivity index (χ1) is 13.1. The fraction of sp³-hybridized carbons (Fsp3) is 0.696. The summed E-state index contributed by atoms with van der Waals surface area (Å²) in [4.78, 5) is 15.1. The van der Waals surface area contributed by atoms with E-state index in [0.29, 0.717) is 19.1 Å². The van der Waals surface area contributed by atoms with Crippen LogP contribution in [0.3, 0.4) is 0 Å². The number of hydrogen-bond donors (Lipinski definition) is 0. The van der Waals surface area contributed by atoms with Gasteiger partial charge in [0.05, 0.1) is 13.1 Å². The summed E-state index contributed by atoms with van der Waals surface area (Å²) in [7, 11) is 0. The Balaban J connectivity index is 1.64. The lowest BCUT2D eigenvalue weighted by Gasteiger charge is -2.39. The predicted octanol–water partition coefficient (Wildman–Crippen LogP) is 4.09. The van der Waals surface area contributed by atoms with Crippen molar-refractivity contribution in [2.45, 2.75) is 58.8 Å². The number of ether oxygens (including phenoxy) is 1. The zero-order chi connectivity index (χ0) is 19.1. The molecule has 0 atom stereocenters. The molecule has 0 aliphatic carbocycles. The fourth-order valence-electron chi connectivity index (χ4n) is 4.72. The lowest BCUT2D eigenvalue weighted by Crippen LogP contribution is -2.56. The van der Waals surface area contributed by atoms with E-state index in [1.807, 2.05) is 0 Å². The van der Waals surface area contributed by atoms with Gasteiger partial charge in [0, 0.05) is 13.1 Å². The van der Waals surface area contributed by atoms with Crippen LogP contribution in [0.15, 0.2) is 18.2 Å². The van der Waals surface area contributed by atoms with Crippen molar-refractivity contribution in [3.8, 4) is 5.75 Å². The standard InChI is InChI=1S/C23H37N2O2/c1-20-11-10-12-21(2)23(20)27-18-17-25(15-8-3-4-9-16-25)19-22(26)24-13-6-5-7-14-24/h10-12H,3-9,13-19H2,1-2H3/q+1. The summed E-state index contributed by atoms with van der Waals surface area (Å²) in [5.41, 5.74) is 2.39. The van der Waals surface area contributed by atoms with E-state index in [1.54, 1.807) is 0 Å². The van der Waals surface area contributed by atoms with Crippen LogP contribution in [0.1, 0.15) is 56.1 Å². The van der Waals surface area contributed by atoms with Gasteiger partial charge in [-0.05, 0) is 69.9 Å². The third-order valence-corrected chi connectivity index (χ3v) is 6.42. The van der Waals surface area contributed by atoms with E-state index in [1.165, 1.54) is 56.1 Å². The molecule has 1 aromatic carbocycles. The highest BCUT2D eigenvalue weighted by Gasteiger charge is 2.33. The van der Waals surface area contributed by atoms with Gasteiger partial charge in [-0.1, -0.05) is 18.2 Å². The molecule has 0 saturated carbocycles. The lowest BCUT2D eigenvalue weighted by molar-refractivity contribution is -0.920. The maximum atomic E-state index is 13.0. The topological polar surface area (TPSA) is 29.5 Å². The molecule has 1 aromatic rings. The van der Waals surface area contributed by atoms with Gasteiger partial charge in [0.1, 0.15) is 18.9 Å². The van der Waals surface area contributed by atoms with Crippen molar-refractivity contribution in [3.63, 3.8) is 0 Å². The minimum atomic E-state index is 0.365. The van der Waals surface area contributed by atoms with Gasteiger partial charge in [-0.2, -0.15) is 0 Å². The molecule has 4 nitrogen and oxygen atoms in total. The average molecular weight is 374 g/mol. The van der Waals surface area contributed by atoms with Crippen molar-refractivity contribution in [2.24, 2.45) is 0 Å². The number of quaternary nitrogens is 1. The summed E-state index contributed by atoms with van der Waals surface area (Å²) in [6, 6.07) is 6.30. The Labute approximate surface area is 165 Å². The van der Waals surface area contributed by atoms with Crippen LogP contribution >= 0.6 is 0 Å². The summed E-state index contributed by atoms with van der Waals surface area (Å²) < 4.78 is 7.14. The summed E-state index contributed by atoms with van der Waals surface area (Å²) in [6.45, 7) is 10.7. The van der Waals surface area contributed by atoms with Gasteiger partial charge in [0.2, 0.25) is 0 Å². The first-order valence-electron chi connectivity index (χ1n) is 10.9. The number of rotatable bonds is 6. The number of nitrogens with zero attached hydrogens (tertiary/aromatic N) is 2. The Hall–Kier alpha value is -1.55. The molecule has 0 N–H and O–H groups in total. The molecule has 2 saturated heterocycles. The number of piperidine rings is 1. The molecule has 0 spiro atoms. The molecule has 0 aromatic heterocycles. The van der Waals surface area contributed by atoms with Gasteiger partial charge in [0.25, 0.3) is 5.91 Å². The zero-order valence-corrected chi connectivity index (χ0v) is 17.3. The summed E-state index contributed by atoms with van der Waals surface area (Å²) in [5, 5.41) is 0. The molecule has 3 rings (SSSR count). The number of hydrogen-bond acceptors (Lipinski definition) is 2. The van der Waals surface area contributed by atoms with Crippen LogP contribution in [-0.4, -0.2) is 61.2 Å². The third kappa shape index (κ3) is 5.47. The molecule has 1 amide bonds. The Morgan fingerprint density at radius 1 is 0.963 bits per heavy atom. The largest absolute Gasteiger partial charge is 0.487 e. The first-order valence-corrected chi connectivity index (χ1v) is 10.9. The second kappa shape index (κ2) is 9.59.